The molecule has 0 spiro atoms. The number of fused-ring (bicyclic) bond motifs is 2. The zero-order chi connectivity index (χ0) is 28.3. The van der Waals surface area contributed by atoms with E-state index in [0.29, 0.717) is 29.6 Å². The summed E-state index contributed by atoms with van der Waals surface area (Å²) >= 11 is 0. The van der Waals surface area contributed by atoms with Gasteiger partial charge in [-0.25, -0.2) is 9.78 Å². The number of rotatable bonds is 9. The molecule has 3 aromatic rings. The Hall–Kier alpha value is -3.53. The molecule has 4 fully saturated rings. The maximum absolute atomic E-state index is 13.1. The van der Waals surface area contributed by atoms with Crippen molar-refractivity contribution in [2.24, 2.45) is 0 Å². The van der Waals surface area contributed by atoms with E-state index in [-0.39, 0.29) is 29.5 Å². The normalized spacial score (nSPS) is 24.1. The first kappa shape index (κ1) is 26.4. The number of aromatic carboxylic acids is 1. The van der Waals surface area contributed by atoms with Crippen LogP contribution >= 0.6 is 0 Å². The Morgan fingerprint density at radius 2 is 1.73 bits per heavy atom. The lowest BCUT2D eigenvalue weighted by Crippen LogP contribution is -2.46. The number of nitrogens with one attached hydrogen (secondary N) is 1. The molecule has 2 aliphatic heterocycles. The van der Waals surface area contributed by atoms with Crippen LogP contribution in [-0.2, 0) is 11.3 Å². The molecule has 4 heterocycles. The zero-order valence-electron chi connectivity index (χ0n) is 22.5. The molecule has 10 heteroatoms. The lowest BCUT2D eigenvalue weighted by Gasteiger charge is -2.40. The van der Waals surface area contributed by atoms with Gasteiger partial charge in [0.2, 0.25) is 0 Å². The summed E-state index contributed by atoms with van der Waals surface area (Å²) in [6.07, 6.45) is 6.43. The first-order valence-electron chi connectivity index (χ1n) is 14.4. The van der Waals surface area contributed by atoms with Crippen LogP contribution in [0.1, 0.15) is 90.4 Å². The number of H-pyrrole nitrogens is 1. The molecule has 0 radical (unpaired) electrons. The topological polar surface area (TPSA) is 87.7 Å². The van der Waals surface area contributed by atoms with Crippen LogP contribution in [0.5, 0.6) is 5.75 Å². The number of aromatic amines is 1. The van der Waals surface area contributed by atoms with Gasteiger partial charge in [0.15, 0.2) is 0 Å². The Morgan fingerprint density at radius 1 is 1.02 bits per heavy atom. The van der Waals surface area contributed by atoms with Gasteiger partial charge >= 0.3 is 12.3 Å². The van der Waals surface area contributed by atoms with Gasteiger partial charge in [-0.2, -0.15) is 0 Å². The number of alkyl halides is 3. The molecule has 7 rings (SSSR count). The molecule has 4 aliphatic rings. The van der Waals surface area contributed by atoms with Gasteiger partial charge in [-0.05, 0) is 80.9 Å². The van der Waals surface area contributed by atoms with E-state index in [4.69, 9.17) is 4.74 Å². The average Bonchev–Trinajstić information content (AvgIpc) is 3.87. The van der Waals surface area contributed by atoms with Crippen molar-refractivity contribution in [1.82, 2.24) is 9.97 Å². The number of carbonyl (C=O) groups is 1. The highest BCUT2D eigenvalue weighted by Gasteiger charge is 2.44. The lowest BCUT2D eigenvalue weighted by atomic mass is 9.97. The predicted octanol–water partition coefficient (Wildman–Crippen LogP) is 7.14. The summed E-state index contributed by atoms with van der Waals surface area (Å²) in [5.41, 5.74) is 4.31. The molecule has 0 amide bonds. The van der Waals surface area contributed by atoms with Crippen molar-refractivity contribution in [2.75, 3.05) is 4.90 Å². The van der Waals surface area contributed by atoms with Gasteiger partial charge in [0.25, 0.3) is 0 Å². The van der Waals surface area contributed by atoms with Gasteiger partial charge in [0, 0.05) is 46.9 Å². The first-order chi connectivity index (χ1) is 19.7. The van der Waals surface area contributed by atoms with Crippen LogP contribution in [0.25, 0.3) is 11.1 Å². The van der Waals surface area contributed by atoms with Gasteiger partial charge in [-0.15, -0.1) is 13.2 Å². The van der Waals surface area contributed by atoms with Gasteiger partial charge < -0.3 is 24.5 Å². The molecule has 2 unspecified atom stereocenters. The molecule has 2 saturated heterocycles. The Balaban J connectivity index is 1.10. The molecule has 2 N–H and O–H groups in total. The second-order valence-corrected chi connectivity index (χ2v) is 11.8. The van der Waals surface area contributed by atoms with Crippen LogP contribution in [0.2, 0.25) is 0 Å². The number of anilines is 1. The summed E-state index contributed by atoms with van der Waals surface area (Å²) in [6.45, 7) is 0.314. The number of hydrogen-bond acceptors (Lipinski definition) is 5. The number of ether oxygens (including phenoxy) is 2. The van der Waals surface area contributed by atoms with E-state index < -0.39 is 12.3 Å². The van der Waals surface area contributed by atoms with Crippen molar-refractivity contribution in [2.45, 2.75) is 94.4 Å². The van der Waals surface area contributed by atoms with Crippen molar-refractivity contribution in [3.05, 3.63) is 65.1 Å². The smallest absolute Gasteiger partial charge is 0.478 e. The zero-order valence-corrected chi connectivity index (χ0v) is 22.5. The minimum atomic E-state index is -4.78. The fraction of sp³-hybridized carbons (Fsp3) is 0.484. The SMILES string of the molecule is O=C(O)c1cnc(N2C3CCC2CC(OCc2c(-c4ccccc4OC(F)(F)F)c[nH]c2C2CC2)C3)c(C2CC2)c1. The van der Waals surface area contributed by atoms with Crippen LogP contribution in [0, 0.1) is 0 Å². The molecule has 2 bridgehead atoms. The Bertz CT molecular complexity index is 1450. The number of para-hydroxylation sites is 1. The van der Waals surface area contributed by atoms with Crippen molar-refractivity contribution < 1.29 is 32.5 Å². The quantitative estimate of drug-likeness (QED) is 0.286. The van der Waals surface area contributed by atoms with E-state index in [2.05, 4.69) is 19.6 Å². The number of hydrogen-bond donors (Lipinski definition) is 2. The summed E-state index contributed by atoms with van der Waals surface area (Å²) in [5, 5.41) is 9.49. The van der Waals surface area contributed by atoms with E-state index in [0.717, 1.165) is 74.0 Å². The molecular weight excluding hydrogens is 535 g/mol. The molecule has 2 aromatic heterocycles. The number of aromatic nitrogens is 2. The molecule has 1 aromatic carbocycles. The van der Waals surface area contributed by atoms with E-state index >= 15 is 0 Å². The van der Waals surface area contributed by atoms with Gasteiger partial charge in [0.1, 0.15) is 11.6 Å². The predicted molar refractivity (Wildman–Crippen MR) is 145 cm³/mol. The van der Waals surface area contributed by atoms with Crippen molar-refractivity contribution in [1.29, 1.82) is 0 Å². The molecule has 2 saturated carbocycles. The Morgan fingerprint density at radius 3 is 2.39 bits per heavy atom. The largest absolute Gasteiger partial charge is 0.573 e. The highest BCUT2D eigenvalue weighted by molar-refractivity contribution is 5.88. The molecule has 41 heavy (non-hydrogen) atoms. The van der Waals surface area contributed by atoms with Gasteiger partial charge in [-0.3, -0.25) is 0 Å². The Labute approximate surface area is 235 Å². The van der Waals surface area contributed by atoms with Gasteiger partial charge in [-0.1, -0.05) is 18.2 Å². The van der Waals surface area contributed by atoms with Crippen molar-refractivity contribution >= 4 is 11.8 Å². The first-order valence-corrected chi connectivity index (χ1v) is 14.4. The second kappa shape index (κ2) is 10.1. The molecule has 7 nitrogen and oxygen atoms in total. The minimum absolute atomic E-state index is 0.0166. The monoisotopic (exact) mass is 567 g/mol. The number of halogens is 3. The maximum atomic E-state index is 13.1. The molecule has 2 aliphatic carbocycles. The van der Waals surface area contributed by atoms with E-state index in [1.807, 2.05) is 0 Å². The summed E-state index contributed by atoms with van der Waals surface area (Å²) in [7, 11) is 0. The van der Waals surface area contributed by atoms with Crippen LogP contribution in [0.15, 0.2) is 42.7 Å². The number of pyridine rings is 1. The standard InChI is InChI=1S/C31H32F3N3O4/c32-31(33,34)41-27-4-2-1-3-23(27)25-15-35-28(18-7-8-18)26(25)16-40-22-12-20-9-10-21(13-22)37(20)29-24(17-5-6-17)11-19(14-36-29)30(38)39/h1-4,11,14-15,17-18,20-22,35H,5-10,12-13,16H2,(H,38,39). The third-order valence-corrected chi connectivity index (χ3v) is 8.97. The lowest BCUT2D eigenvalue weighted by molar-refractivity contribution is -0.274. The minimum Gasteiger partial charge on any atom is -0.478 e. The van der Waals surface area contributed by atoms with Crippen LogP contribution in [0.3, 0.4) is 0 Å². The van der Waals surface area contributed by atoms with E-state index in [1.165, 1.54) is 18.3 Å². The fourth-order valence-corrected chi connectivity index (χ4v) is 6.82. The highest BCUT2D eigenvalue weighted by Crippen LogP contribution is 2.49. The van der Waals surface area contributed by atoms with E-state index in [1.54, 1.807) is 24.4 Å². The molecule has 2 atom stereocenters. The summed E-state index contributed by atoms with van der Waals surface area (Å²) in [5.74, 6) is 0.498. The van der Waals surface area contributed by atoms with Crippen LogP contribution in [-0.4, -0.2) is 45.6 Å². The summed E-state index contributed by atoms with van der Waals surface area (Å²) in [4.78, 5) is 22.0. The molecular formula is C31H32F3N3O4. The van der Waals surface area contributed by atoms with Crippen molar-refractivity contribution in [3.63, 3.8) is 0 Å². The Kier molecular flexibility index (Phi) is 6.48. The van der Waals surface area contributed by atoms with E-state index in [9.17, 15) is 23.1 Å². The average molecular weight is 568 g/mol. The summed E-state index contributed by atoms with van der Waals surface area (Å²) in [6, 6.07) is 8.58. The second-order valence-electron chi connectivity index (χ2n) is 11.8. The van der Waals surface area contributed by atoms with Crippen molar-refractivity contribution in [3.8, 4) is 16.9 Å². The number of carboxylic acids is 1. The number of nitrogens with zero attached hydrogens (tertiary/aromatic N) is 2. The highest BCUT2D eigenvalue weighted by atomic mass is 19.4. The third kappa shape index (κ3) is 5.29. The number of carboxylic acid groups (broad SMARTS) is 1. The number of piperidine rings is 1. The summed E-state index contributed by atoms with van der Waals surface area (Å²) < 4.78 is 50.3. The third-order valence-electron chi connectivity index (χ3n) is 8.97. The fourth-order valence-electron chi connectivity index (χ4n) is 6.82. The van der Waals surface area contributed by atoms with Gasteiger partial charge in [0.05, 0.1) is 18.3 Å². The maximum Gasteiger partial charge on any atom is 0.573 e. The molecule has 216 valence electrons. The number of benzene rings is 1. The van der Waals surface area contributed by atoms with Crippen LogP contribution in [0.4, 0.5) is 19.0 Å². The van der Waals surface area contributed by atoms with Crippen LogP contribution < -0.4 is 9.64 Å².